The molecule has 0 spiro atoms. The number of carbonyl (C=O) groups is 1. The molecule has 77 valence electrons. The van der Waals surface area contributed by atoms with Crippen molar-refractivity contribution in [2.45, 2.75) is 0 Å². The summed E-state index contributed by atoms with van der Waals surface area (Å²) in [5, 5.41) is 0. The smallest absolute Gasteiger partial charge is 0.126 e. The maximum absolute atomic E-state index is 11.8. The van der Waals surface area contributed by atoms with Crippen molar-refractivity contribution in [2.75, 3.05) is 0 Å². The molecule has 1 aromatic carbocycles. The molecule has 15 heavy (non-hydrogen) atoms. The third kappa shape index (κ3) is 2.82. The Morgan fingerprint density at radius 3 is 2.53 bits per heavy atom. The predicted molar refractivity (Wildman–Crippen MR) is 52.9 cm³/mol. The number of ketones is 1. The van der Waals surface area contributed by atoms with E-state index in [1.54, 1.807) is 36.5 Å². The van der Waals surface area contributed by atoms with Crippen LogP contribution in [0.1, 0.15) is 16.1 Å². The first-order chi connectivity index (χ1) is 6.88. The first-order valence-corrected chi connectivity index (χ1v) is 4.30. The quantitative estimate of drug-likeness (QED) is 0.595. The standard InChI is InChI=1S/C12H8NO.Ir/c14-12(10-6-2-1-3-7-10)11-8-4-5-9-13-11;/h1-6,8-9H;/q-1;. The van der Waals surface area contributed by atoms with Crippen LogP contribution in [0.25, 0.3) is 0 Å². The van der Waals surface area contributed by atoms with Gasteiger partial charge in [0.25, 0.3) is 0 Å². The van der Waals surface area contributed by atoms with E-state index in [1.807, 2.05) is 12.1 Å². The number of hydrogen-bond acceptors (Lipinski definition) is 2. The molecule has 1 aromatic heterocycles. The first kappa shape index (κ1) is 11.8. The summed E-state index contributed by atoms with van der Waals surface area (Å²) in [4.78, 5) is 15.7. The van der Waals surface area contributed by atoms with Crippen molar-refractivity contribution in [1.82, 2.24) is 4.98 Å². The largest absolute Gasteiger partial charge is 0.345 e. The molecule has 0 fully saturated rings. The fourth-order valence-electron chi connectivity index (χ4n) is 1.17. The minimum atomic E-state index is -0.0915. The Labute approximate surface area is 102 Å². The van der Waals surface area contributed by atoms with Crippen LogP contribution in [0.3, 0.4) is 0 Å². The molecule has 0 N–H and O–H groups in total. The van der Waals surface area contributed by atoms with Gasteiger partial charge in [0.2, 0.25) is 0 Å². The molecular weight excluding hydrogens is 366 g/mol. The van der Waals surface area contributed by atoms with Gasteiger partial charge in [0, 0.05) is 26.3 Å². The van der Waals surface area contributed by atoms with E-state index in [1.165, 1.54) is 0 Å². The van der Waals surface area contributed by atoms with Gasteiger partial charge in [0.05, 0.1) is 5.69 Å². The molecule has 0 atom stereocenters. The fourth-order valence-corrected chi connectivity index (χ4v) is 1.17. The van der Waals surface area contributed by atoms with Crippen molar-refractivity contribution in [1.29, 1.82) is 0 Å². The molecule has 1 heterocycles. The normalized spacial score (nSPS) is 9.07. The van der Waals surface area contributed by atoms with Gasteiger partial charge in [-0.15, -0.1) is 35.9 Å². The molecule has 2 rings (SSSR count). The van der Waals surface area contributed by atoms with Gasteiger partial charge in [-0.3, -0.25) is 4.98 Å². The molecule has 0 amide bonds. The van der Waals surface area contributed by atoms with E-state index in [0.717, 1.165) is 0 Å². The summed E-state index contributed by atoms with van der Waals surface area (Å²) in [6, 6.07) is 15.2. The Bertz CT molecular complexity index is 386. The summed E-state index contributed by atoms with van der Waals surface area (Å²) in [5.74, 6) is -0.0915. The minimum Gasteiger partial charge on any atom is -0.345 e. The third-order valence-electron chi connectivity index (χ3n) is 1.85. The average molecular weight is 374 g/mol. The van der Waals surface area contributed by atoms with Crippen LogP contribution in [-0.4, -0.2) is 10.8 Å². The Balaban J connectivity index is 0.00000112. The van der Waals surface area contributed by atoms with Crippen LogP contribution in [0.15, 0.2) is 48.7 Å². The fraction of sp³-hybridized carbons (Fsp3) is 0. The van der Waals surface area contributed by atoms with Crippen molar-refractivity contribution < 1.29 is 24.9 Å². The maximum Gasteiger partial charge on any atom is 0.126 e. The molecule has 0 aliphatic rings. The predicted octanol–water partition coefficient (Wildman–Crippen LogP) is 2.11. The number of nitrogens with zero attached hydrogens (tertiary/aromatic N) is 1. The Morgan fingerprint density at radius 1 is 1.13 bits per heavy atom. The van der Waals surface area contributed by atoms with Crippen molar-refractivity contribution >= 4 is 5.78 Å². The molecule has 3 heteroatoms. The van der Waals surface area contributed by atoms with Crippen molar-refractivity contribution in [3.8, 4) is 0 Å². The molecule has 0 unspecified atom stereocenters. The number of aromatic nitrogens is 1. The van der Waals surface area contributed by atoms with Crippen LogP contribution in [0, 0.1) is 6.07 Å². The molecule has 0 saturated heterocycles. The molecular formula is C12H8IrNO-. The van der Waals surface area contributed by atoms with E-state index in [-0.39, 0.29) is 25.9 Å². The Morgan fingerprint density at radius 2 is 1.93 bits per heavy atom. The van der Waals surface area contributed by atoms with Crippen molar-refractivity contribution in [3.05, 3.63) is 66.0 Å². The van der Waals surface area contributed by atoms with Gasteiger partial charge in [-0.25, -0.2) is 0 Å². The molecule has 0 aliphatic heterocycles. The summed E-state index contributed by atoms with van der Waals surface area (Å²) in [5.41, 5.74) is 1.00. The van der Waals surface area contributed by atoms with E-state index in [9.17, 15) is 4.79 Å². The topological polar surface area (TPSA) is 30.0 Å². The van der Waals surface area contributed by atoms with Crippen LogP contribution in [-0.2, 0) is 20.1 Å². The SMILES string of the molecule is O=C(c1[c-]cccc1)c1ccccn1.[Ir]. The van der Waals surface area contributed by atoms with E-state index in [4.69, 9.17) is 0 Å². The minimum absolute atomic E-state index is 0. The maximum atomic E-state index is 11.8. The van der Waals surface area contributed by atoms with Gasteiger partial charge in [-0.1, -0.05) is 6.07 Å². The first-order valence-electron chi connectivity index (χ1n) is 4.30. The van der Waals surface area contributed by atoms with E-state index < -0.39 is 0 Å². The van der Waals surface area contributed by atoms with Gasteiger partial charge < -0.3 is 4.79 Å². The summed E-state index contributed by atoms with van der Waals surface area (Å²) in [6.07, 6.45) is 1.61. The Hall–Kier alpha value is -1.31. The summed E-state index contributed by atoms with van der Waals surface area (Å²) < 4.78 is 0. The average Bonchev–Trinajstić information content (AvgIpc) is 2.30. The molecule has 2 nitrogen and oxygen atoms in total. The summed E-state index contributed by atoms with van der Waals surface area (Å²) >= 11 is 0. The van der Waals surface area contributed by atoms with Gasteiger partial charge in [-0.2, -0.15) is 0 Å². The van der Waals surface area contributed by atoms with Gasteiger partial charge in [0.1, 0.15) is 5.78 Å². The zero-order valence-corrected chi connectivity index (χ0v) is 10.2. The number of hydrogen-bond donors (Lipinski definition) is 0. The van der Waals surface area contributed by atoms with Gasteiger partial charge in [0.15, 0.2) is 0 Å². The second-order valence-corrected chi connectivity index (χ2v) is 2.82. The molecule has 0 aliphatic carbocycles. The number of benzene rings is 1. The van der Waals surface area contributed by atoms with Crippen molar-refractivity contribution in [2.24, 2.45) is 0 Å². The molecule has 2 aromatic rings. The van der Waals surface area contributed by atoms with E-state index in [2.05, 4.69) is 11.1 Å². The van der Waals surface area contributed by atoms with Crippen LogP contribution >= 0.6 is 0 Å². The van der Waals surface area contributed by atoms with Crippen LogP contribution in [0.2, 0.25) is 0 Å². The number of rotatable bonds is 2. The zero-order valence-electron chi connectivity index (χ0n) is 7.81. The second-order valence-electron chi connectivity index (χ2n) is 2.82. The van der Waals surface area contributed by atoms with E-state index in [0.29, 0.717) is 11.3 Å². The molecule has 0 bridgehead atoms. The van der Waals surface area contributed by atoms with Crippen LogP contribution in [0.5, 0.6) is 0 Å². The summed E-state index contributed by atoms with van der Waals surface area (Å²) in [6.45, 7) is 0. The Kier molecular flexibility index (Phi) is 4.35. The number of carbonyl (C=O) groups excluding carboxylic acids is 1. The second kappa shape index (κ2) is 5.54. The van der Waals surface area contributed by atoms with E-state index >= 15 is 0 Å². The monoisotopic (exact) mass is 375 g/mol. The molecule has 0 saturated carbocycles. The van der Waals surface area contributed by atoms with Crippen molar-refractivity contribution in [3.63, 3.8) is 0 Å². The van der Waals surface area contributed by atoms with Gasteiger partial charge in [-0.05, 0) is 12.1 Å². The summed E-state index contributed by atoms with van der Waals surface area (Å²) in [7, 11) is 0. The zero-order chi connectivity index (χ0) is 9.80. The van der Waals surface area contributed by atoms with Crippen LogP contribution < -0.4 is 0 Å². The van der Waals surface area contributed by atoms with Crippen LogP contribution in [0.4, 0.5) is 0 Å². The number of pyridine rings is 1. The molecule has 1 radical (unpaired) electrons. The van der Waals surface area contributed by atoms with Gasteiger partial charge >= 0.3 is 0 Å². The third-order valence-corrected chi connectivity index (χ3v) is 1.85.